The van der Waals surface area contributed by atoms with E-state index in [9.17, 15) is 13.2 Å². The fraction of sp³-hybridized carbons (Fsp3) is 0.350. The summed E-state index contributed by atoms with van der Waals surface area (Å²) >= 11 is 0. The molecule has 0 aliphatic rings. The third-order valence-corrected chi connectivity index (χ3v) is 6.50. The van der Waals surface area contributed by atoms with E-state index in [0.29, 0.717) is 17.0 Å². The summed E-state index contributed by atoms with van der Waals surface area (Å²) in [5.74, 6) is 0.307. The first-order valence-electron chi connectivity index (χ1n) is 8.68. The molecule has 0 aromatic heterocycles. The Morgan fingerprint density at radius 3 is 2.44 bits per heavy atom. The Kier molecular flexibility index (Phi) is 6.62. The third-order valence-electron chi connectivity index (χ3n) is 4.44. The molecule has 0 radical (unpaired) electrons. The molecule has 2 rings (SSSR count). The maximum Gasteiger partial charge on any atom is 0.243 e. The van der Waals surface area contributed by atoms with Gasteiger partial charge in [0.1, 0.15) is 5.75 Å². The van der Waals surface area contributed by atoms with Crippen LogP contribution >= 0.6 is 0 Å². The van der Waals surface area contributed by atoms with Gasteiger partial charge in [-0.15, -0.1) is 0 Å². The van der Waals surface area contributed by atoms with E-state index < -0.39 is 10.0 Å². The number of anilines is 1. The molecule has 0 saturated heterocycles. The largest absolute Gasteiger partial charge is 0.497 e. The molecular weight excluding hydrogens is 364 g/mol. The van der Waals surface area contributed by atoms with Crippen molar-refractivity contribution in [1.82, 2.24) is 4.31 Å². The predicted molar refractivity (Wildman–Crippen MR) is 107 cm³/mol. The van der Waals surface area contributed by atoms with E-state index in [1.165, 1.54) is 9.21 Å². The highest BCUT2D eigenvalue weighted by molar-refractivity contribution is 7.89. The predicted octanol–water partition coefficient (Wildman–Crippen LogP) is 2.99. The summed E-state index contributed by atoms with van der Waals surface area (Å²) in [4.78, 5) is 14.4. The Morgan fingerprint density at radius 2 is 1.81 bits per heavy atom. The van der Waals surface area contributed by atoms with E-state index in [1.54, 1.807) is 64.4 Å². The topological polar surface area (TPSA) is 66.9 Å². The molecule has 0 N–H and O–H groups in total. The molecule has 0 aliphatic carbocycles. The molecule has 7 heteroatoms. The smallest absolute Gasteiger partial charge is 0.243 e. The number of likely N-dealkylation sites (N-methyl/N-ethyl adjacent to an activating group) is 2. The number of sulfonamides is 1. The van der Waals surface area contributed by atoms with Gasteiger partial charge in [-0.1, -0.05) is 25.1 Å². The number of benzene rings is 2. The molecule has 0 unspecified atom stereocenters. The van der Waals surface area contributed by atoms with Crippen molar-refractivity contribution in [2.75, 3.05) is 32.1 Å². The van der Waals surface area contributed by atoms with E-state index in [1.807, 2.05) is 13.0 Å². The highest BCUT2D eigenvalue weighted by Crippen LogP contribution is 2.23. The van der Waals surface area contributed by atoms with Crippen LogP contribution in [0.25, 0.3) is 0 Å². The van der Waals surface area contributed by atoms with Crippen molar-refractivity contribution >= 4 is 21.6 Å². The van der Waals surface area contributed by atoms with Gasteiger partial charge in [0.05, 0.1) is 18.6 Å². The second-order valence-electron chi connectivity index (χ2n) is 6.35. The van der Waals surface area contributed by atoms with Gasteiger partial charge in [0.15, 0.2) is 0 Å². The minimum Gasteiger partial charge on any atom is -0.497 e. The van der Waals surface area contributed by atoms with Gasteiger partial charge in [-0.05, 0) is 43.2 Å². The standard InChI is InChI=1S/C20H26N2O4S/c1-6-22(27(24,25)19-12-15(2)10-11-16(19)3)14-20(23)21(4)17-8-7-9-18(13-17)26-5/h7-13H,6,14H2,1-5H3. The monoisotopic (exact) mass is 390 g/mol. The lowest BCUT2D eigenvalue weighted by atomic mass is 10.2. The molecule has 0 bridgehead atoms. The quantitative estimate of drug-likeness (QED) is 0.729. The molecule has 0 heterocycles. The molecular formula is C20H26N2O4S. The lowest BCUT2D eigenvalue weighted by molar-refractivity contribution is -0.118. The van der Waals surface area contributed by atoms with Gasteiger partial charge in [-0.2, -0.15) is 4.31 Å². The van der Waals surface area contributed by atoms with Crippen molar-refractivity contribution in [3.05, 3.63) is 53.6 Å². The summed E-state index contributed by atoms with van der Waals surface area (Å²) in [5.41, 5.74) is 2.15. The minimum atomic E-state index is -3.77. The third kappa shape index (κ3) is 4.67. The van der Waals surface area contributed by atoms with Crippen molar-refractivity contribution in [3.63, 3.8) is 0 Å². The summed E-state index contributed by atoms with van der Waals surface area (Å²) < 4.78 is 32.5. The molecule has 146 valence electrons. The van der Waals surface area contributed by atoms with Crippen molar-refractivity contribution in [1.29, 1.82) is 0 Å². The Morgan fingerprint density at radius 1 is 1.11 bits per heavy atom. The van der Waals surface area contributed by atoms with Gasteiger partial charge in [-0.25, -0.2) is 8.42 Å². The van der Waals surface area contributed by atoms with Crippen LogP contribution in [0.3, 0.4) is 0 Å². The molecule has 0 saturated carbocycles. The lowest BCUT2D eigenvalue weighted by Gasteiger charge is -2.25. The van der Waals surface area contributed by atoms with Crippen LogP contribution in [0.4, 0.5) is 5.69 Å². The fourth-order valence-corrected chi connectivity index (χ4v) is 4.42. The molecule has 0 fully saturated rings. The maximum atomic E-state index is 13.1. The lowest BCUT2D eigenvalue weighted by Crippen LogP contribution is -2.41. The van der Waals surface area contributed by atoms with E-state index in [-0.39, 0.29) is 23.9 Å². The van der Waals surface area contributed by atoms with Gasteiger partial charge in [0.2, 0.25) is 15.9 Å². The van der Waals surface area contributed by atoms with E-state index in [0.717, 1.165) is 5.56 Å². The second kappa shape index (κ2) is 8.54. The van der Waals surface area contributed by atoms with Gasteiger partial charge in [0, 0.05) is 25.3 Å². The Bertz CT molecular complexity index is 925. The molecule has 2 aromatic carbocycles. The first-order chi connectivity index (χ1) is 12.7. The number of rotatable bonds is 7. The zero-order chi connectivity index (χ0) is 20.2. The highest BCUT2D eigenvalue weighted by Gasteiger charge is 2.28. The first kappa shape index (κ1) is 20.9. The minimum absolute atomic E-state index is 0.202. The summed E-state index contributed by atoms with van der Waals surface area (Å²) in [7, 11) is -0.594. The molecule has 6 nitrogen and oxygen atoms in total. The average molecular weight is 391 g/mol. The number of hydrogen-bond acceptors (Lipinski definition) is 4. The van der Waals surface area contributed by atoms with Gasteiger partial charge in [-0.3, -0.25) is 4.79 Å². The van der Waals surface area contributed by atoms with Crippen LogP contribution in [0.1, 0.15) is 18.1 Å². The molecule has 0 spiro atoms. The summed E-state index contributed by atoms with van der Waals surface area (Å²) in [5, 5.41) is 0. The normalized spacial score (nSPS) is 11.5. The second-order valence-corrected chi connectivity index (χ2v) is 8.26. The van der Waals surface area contributed by atoms with Crippen molar-refractivity contribution < 1.29 is 17.9 Å². The van der Waals surface area contributed by atoms with Crippen LogP contribution in [-0.2, 0) is 14.8 Å². The molecule has 2 aromatic rings. The van der Waals surface area contributed by atoms with Gasteiger partial charge in [0.25, 0.3) is 0 Å². The molecule has 0 atom stereocenters. The van der Waals surface area contributed by atoms with E-state index in [2.05, 4.69) is 0 Å². The summed E-state index contributed by atoms with van der Waals surface area (Å²) in [6.45, 7) is 5.29. The van der Waals surface area contributed by atoms with Crippen LogP contribution in [0, 0.1) is 13.8 Å². The fourth-order valence-electron chi connectivity index (χ4n) is 2.71. The molecule has 27 heavy (non-hydrogen) atoms. The number of amides is 1. The number of carbonyl (C=O) groups excluding carboxylic acids is 1. The molecule has 1 amide bonds. The number of carbonyl (C=O) groups is 1. The first-order valence-corrected chi connectivity index (χ1v) is 10.1. The van der Waals surface area contributed by atoms with Crippen molar-refractivity contribution in [2.24, 2.45) is 0 Å². The number of hydrogen-bond donors (Lipinski definition) is 0. The Hall–Kier alpha value is -2.38. The van der Waals surface area contributed by atoms with Gasteiger partial charge < -0.3 is 9.64 Å². The molecule has 0 aliphatic heterocycles. The van der Waals surface area contributed by atoms with Crippen LogP contribution < -0.4 is 9.64 Å². The number of ether oxygens (including phenoxy) is 1. The van der Waals surface area contributed by atoms with E-state index >= 15 is 0 Å². The van der Waals surface area contributed by atoms with Gasteiger partial charge >= 0.3 is 0 Å². The maximum absolute atomic E-state index is 13.1. The highest BCUT2D eigenvalue weighted by atomic mass is 32.2. The SMILES string of the molecule is CCN(CC(=O)N(C)c1cccc(OC)c1)S(=O)(=O)c1cc(C)ccc1C. The zero-order valence-electron chi connectivity index (χ0n) is 16.4. The van der Waals surface area contributed by atoms with Crippen molar-refractivity contribution in [3.8, 4) is 5.75 Å². The van der Waals surface area contributed by atoms with Crippen LogP contribution in [0.15, 0.2) is 47.4 Å². The Labute approximate surface area is 161 Å². The van der Waals surface area contributed by atoms with E-state index in [4.69, 9.17) is 4.74 Å². The summed E-state index contributed by atoms with van der Waals surface area (Å²) in [6.07, 6.45) is 0. The van der Waals surface area contributed by atoms with Crippen LogP contribution in [0.5, 0.6) is 5.75 Å². The number of aryl methyl sites for hydroxylation is 2. The number of methoxy groups -OCH3 is 1. The zero-order valence-corrected chi connectivity index (χ0v) is 17.2. The van der Waals surface area contributed by atoms with Crippen molar-refractivity contribution in [2.45, 2.75) is 25.7 Å². The average Bonchev–Trinajstić information content (AvgIpc) is 2.66. The Balaban J connectivity index is 2.27. The van der Waals surface area contributed by atoms with Crippen LogP contribution in [0.2, 0.25) is 0 Å². The summed E-state index contributed by atoms with van der Waals surface area (Å²) in [6, 6.07) is 12.4. The van der Waals surface area contributed by atoms with Crippen LogP contribution in [-0.4, -0.2) is 45.9 Å². The number of nitrogens with zero attached hydrogens (tertiary/aromatic N) is 2.